The summed E-state index contributed by atoms with van der Waals surface area (Å²) in [7, 11) is 0. The zero-order chi connectivity index (χ0) is 17.6. The SMILES string of the molecule is CCc1cc(N2CCC(=O)N(Cc3ccccc3)C(CC)C2)ncn1. The Bertz CT molecular complexity index is 704. The van der Waals surface area contributed by atoms with Crippen molar-refractivity contribution in [2.75, 3.05) is 18.0 Å². The molecule has 1 fully saturated rings. The zero-order valence-corrected chi connectivity index (χ0v) is 15.1. The van der Waals surface area contributed by atoms with Crippen molar-refractivity contribution < 1.29 is 4.79 Å². The van der Waals surface area contributed by atoms with Crippen molar-refractivity contribution in [1.82, 2.24) is 14.9 Å². The van der Waals surface area contributed by atoms with Gasteiger partial charge in [-0.25, -0.2) is 9.97 Å². The Kier molecular flexibility index (Phi) is 5.64. The van der Waals surface area contributed by atoms with Crippen LogP contribution in [0.4, 0.5) is 5.82 Å². The molecule has 1 aromatic heterocycles. The third-order valence-corrected chi connectivity index (χ3v) is 4.85. The van der Waals surface area contributed by atoms with Crippen LogP contribution < -0.4 is 4.90 Å². The highest BCUT2D eigenvalue weighted by Crippen LogP contribution is 2.21. The third kappa shape index (κ3) is 4.16. The van der Waals surface area contributed by atoms with Crippen LogP contribution in [0.5, 0.6) is 0 Å². The monoisotopic (exact) mass is 338 g/mol. The summed E-state index contributed by atoms with van der Waals surface area (Å²) in [6.07, 6.45) is 3.97. The molecule has 5 nitrogen and oxygen atoms in total. The number of carbonyl (C=O) groups excluding carboxylic acids is 1. The molecule has 1 unspecified atom stereocenters. The number of aryl methyl sites for hydroxylation is 1. The molecule has 1 atom stereocenters. The first-order chi connectivity index (χ1) is 12.2. The molecule has 5 heteroatoms. The van der Waals surface area contributed by atoms with E-state index in [9.17, 15) is 4.79 Å². The summed E-state index contributed by atoms with van der Waals surface area (Å²) >= 11 is 0. The van der Waals surface area contributed by atoms with Crippen LogP contribution in [0.1, 0.15) is 37.9 Å². The van der Waals surface area contributed by atoms with Gasteiger partial charge in [-0.3, -0.25) is 4.79 Å². The second-order valence-corrected chi connectivity index (χ2v) is 6.49. The van der Waals surface area contributed by atoms with E-state index in [1.54, 1.807) is 6.33 Å². The van der Waals surface area contributed by atoms with Crippen LogP contribution in [0.2, 0.25) is 0 Å². The van der Waals surface area contributed by atoms with Crippen LogP contribution in [-0.4, -0.2) is 39.9 Å². The minimum atomic E-state index is 0.190. The number of benzene rings is 1. The molecule has 0 radical (unpaired) electrons. The van der Waals surface area contributed by atoms with E-state index >= 15 is 0 Å². The van der Waals surface area contributed by atoms with E-state index in [1.807, 2.05) is 29.2 Å². The van der Waals surface area contributed by atoms with Crippen molar-refractivity contribution in [3.8, 4) is 0 Å². The van der Waals surface area contributed by atoms with Gasteiger partial charge >= 0.3 is 0 Å². The molecule has 0 spiro atoms. The normalized spacial score (nSPS) is 18.3. The number of aromatic nitrogens is 2. The lowest BCUT2D eigenvalue weighted by Gasteiger charge is -2.31. The quantitative estimate of drug-likeness (QED) is 0.841. The first-order valence-corrected chi connectivity index (χ1v) is 9.10. The van der Waals surface area contributed by atoms with Gasteiger partial charge < -0.3 is 9.80 Å². The fourth-order valence-corrected chi connectivity index (χ4v) is 3.33. The Balaban J connectivity index is 1.80. The number of rotatable bonds is 5. The van der Waals surface area contributed by atoms with Gasteiger partial charge in [-0.1, -0.05) is 44.2 Å². The van der Waals surface area contributed by atoms with Gasteiger partial charge in [0.15, 0.2) is 0 Å². The molecular weight excluding hydrogens is 312 g/mol. The van der Waals surface area contributed by atoms with Gasteiger partial charge in [-0.05, 0) is 18.4 Å². The lowest BCUT2D eigenvalue weighted by Crippen LogP contribution is -2.42. The van der Waals surface area contributed by atoms with Crippen LogP contribution in [0.25, 0.3) is 0 Å². The first-order valence-electron chi connectivity index (χ1n) is 9.10. The van der Waals surface area contributed by atoms with Crippen molar-refractivity contribution in [3.05, 3.63) is 54.0 Å². The molecule has 3 rings (SSSR count). The molecule has 1 aromatic carbocycles. The summed E-state index contributed by atoms with van der Waals surface area (Å²) < 4.78 is 0. The van der Waals surface area contributed by atoms with Gasteiger partial charge in [-0.15, -0.1) is 0 Å². The van der Waals surface area contributed by atoms with Gasteiger partial charge in [0.2, 0.25) is 5.91 Å². The predicted molar refractivity (Wildman–Crippen MR) is 99.3 cm³/mol. The second kappa shape index (κ2) is 8.10. The average Bonchev–Trinajstić information content (AvgIpc) is 2.82. The summed E-state index contributed by atoms with van der Waals surface area (Å²) in [5.41, 5.74) is 2.22. The van der Waals surface area contributed by atoms with E-state index < -0.39 is 0 Å². The maximum Gasteiger partial charge on any atom is 0.224 e. The maximum absolute atomic E-state index is 12.8. The van der Waals surface area contributed by atoms with Crippen molar-refractivity contribution in [3.63, 3.8) is 0 Å². The smallest absolute Gasteiger partial charge is 0.224 e. The van der Waals surface area contributed by atoms with Gasteiger partial charge in [0.1, 0.15) is 12.1 Å². The fraction of sp³-hybridized carbons (Fsp3) is 0.450. The van der Waals surface area contributed by atoms with Crippen LogP contribution in [0.3, 0.4) is 0 Å². The molecule has 1 aliphatic heterocycles. The Labute approximate surface area is 149 Å². The van der Waals surface area contributed by atoms with E-state index in [-0.39, 0.29) is 11.9 Å². The van der Waals surface area contributed by atoms with E-state index in [4.69, 9.17) is 0 Å². The number of anilines is 1. The molecule has 1 aliphatic rings. The number of hydrogen-bond acceptors (Lipinski definition) is 4. The Morgan fingerprint density at radius 3 is 2.68 bits per heavy atom. The summed E-state index contributed by atoms with van der Waals surface area (Å²) in [6.45, 7) is 6.44. The van der Waals surface area contributed by atoms with Gasteiger partial charge in [0.25, 0.3) is 0 Å². The van der Waals surface area contributed by atoms with Crippen molar-refractivity contribution in [2.45, 2.75) is 45.7 Å². The Morgan fingerprint density at radius 2 is 1.96 bits per heavy atom. The topological polar surface area (TPSA) is 49.3 Å². The van der Waals surface area contributed by atoms with E-state index in [1.165, 1.54) is 5.56 Å². The van der Waals surface area contributed by atoms with Crippen LogP contribution >= 0.6 is 0 Å². The highest BCUT2D eigenvalue weighted by Gasteiger charge is 2.29. The zero-order valence-electron chi connectivity index (χ0n) is 15.1. The van der Waals surface area contributed by atoms with Crippen LogP contribution in [-0.2, 0) is 17.8 Å². The second-order valence-electron chi connectivity index (χ2n) is 6.49. The molecule has 132 valence electrons. The largest absolute Gasteiger partial charge is 0.354 e. The summed E-state index contributed by atoms with van der Waals surface area (Å²) in [5, 5.41) is 0. The Hall–Kier alpha value is -2.43. The standard InChI is InChI=1S/C20H26N4O/c1-3-17-12-19(22-15-21-17)23-11-10-20(25)24(18(4-2)14-23)13-16-8-6-5-7-9-16/h5-9,12,15,18H,3-4,10-11,13-14H2,1-2H3. The lowest BCUT2D eigenvalue weighted by molar-refractivity contribution is -0.133. The molecular formula is C20H26N4O. The van der Waals surface area contributed by atoms with Gasteiger partial charge in [0.05, 0.1) is 0 Å². The minimum Gasteiger partial charge on any atom is -0.354 e. The molecule has 25 heavy (non-hydrogen) atoms. The van der Waals surface area contributed by atoms with E-state index in [2.05, 4.69) is 40.8 Å². The Morgan fingerprint density at radius 1 is 1.16 bits per heavy atom. The van der Waals surface area contributed by atoms with Crippen LogP contribution in [0.15, 0.2) is 42.7 Å². The number of amides is 1. The van der Waals surface area contributed by atoms with Crippen LogP contribution in [0, 0.1) is 0 Å². The molecule has 0 bridgehead atoms. The van der Waals surface area contributed by atoms with E-state index in [0.717, 1.165) is 30.9 Å². The third-order valence-electron chi connectivity index (χ3n) is 4.85. The summed E-state index contributed by atoms with van der Waals surface area (Å²) in [4.78, 5) is 25.8. The highest BCUT2D eigenvalue weighted by atomic mass is 16.2. The molecule has 0 saturated carbocycles. The predicted octanol–water partition coefficient (Wildman–Crippen LogP) is 3.06. The molecule has 2 heterocycles. The molecule has 2 aromatic rings. The highest BCUT2D eigenvalue weighted by molar-refractivity contribution is 5.78. The van der Waals surface area contributed by atoms with E-state index in [0.29, 0.717) is 19.5 Å². The molecule has 1 saturated heterocycles. The van der Waals surface area contributed by atoms with Gasteiger partial charge in [-0.2, -0.15) is 0 Å². The molecule has 0 N–H and O–H groups in total. The molecule has 0 aliphatic carbocycles. The van der Waals surface area contributed by atoms with Crippen molar-refractivity contribution in [1.29, 1.82) is 0 Å². The summed E-state index contributed by atoms with van der Waals surface area (Å²) in [6, 6.07) is 12.5. The number of carbonyl (C=O) groups is 1. The van der Waals surface area contributed by atoms with Crippen molar-refractivity contribution >= 4 is 11.7 Å². The maximum atomic E-state index is 12.8. The number of nitrogens with zero attached hydrogens (tertiary/aromatic N) is 4. The minimum absolute atomic E-state index is 0.190. The van der Waals surface area contributed by atoms with Crippen molar-refractivity contribution in [2.24, 2.45) is 0 Å². The lowest BCUT2D eigenvalue weighted by atomic mass is 10.1. The fourth-order valence-electron chi connectivity index (χ4n) is 3.33. The number of hydrogen-bond donors (Lipinski definition) is 0. The van der Waals surface area contributed by atoms with Gasteiger partial charge in [0, 0.05) is 43.9 Å². The molecule has 1 amide bonds. The average molecular weight is 338 g/mol. The first kappa shape index (κ1) is 17.4. The summed E-state index contributed by atoms with van der Waals surface area (Å²) in [5.74, 6) is 1.16.